The first kappa shape index (κ1) is 19.1. The lowest BCUT2D eigenvalue weighted by Gasteiger charge is -2.31. The highest BCUT2D eigenvalue weighted by Gasteiger charge is 2.24. The van der Waals surface area contributed by atoms with Gasteiger partial charge >= 0.3 is 0 Å². The number of benzene rings is 1. The van der Waals surface area contributed by atoms with Crippen molar-refractivity contribution in [2.75, 3.05) is 36.5 Å². The molecule has 1 N–H and O–H groups in total. The average Bonchev–Trinajstić information content (AvgIpc) is 2.81. The predicted molar refractivity (Wildman–Crippen MR) is 117 cm³/mol. The van der Waals surface area contributed by atoms with Crippen molar-refractivity contribution < 1.29 is 9.47 Å². The minimum absolute atomic E-state index is 0.192. The van der Waals surface area contributed by atoms with Crippen LogP contribution in [0.25, 0.3) is 11.0 Å². The molecule has 7 heteroatoms. The third-order valence-corrected chi connectivity index (χ3v) is 5.88. The second-order valence-electron chi connectivity index (χ2n) is 7.92. The number of ether oxygens (including phenoxy) is 2. The van der Waals surface area contributed by atoms with Gasteiger partial charge in [-0.1, -0.05) is 6.07 Å². The van der Waals surface area contributed by atoms with E-state index in [-0.39, 0.29) is 6.10 Å². The van der Waals surface area contributed by atoms with Gasteiger partial charge in [-0.15, -0.1) is 0 Å². The van der Waals surface area contributed by atoms with E-state index in [1.165, 1.54) is 0 Å². The Morgan fingerprint density at radius 2 is 1.77 bits per heavy atom. The summed E-state index contributed by atoms with van der Waals surface area (Å²) in [4.78, 5) is 15.8. The molecule has 7 nitrogen and oxygen atoms in total. The van der Waals surface area contributed by atoms with Crippen molar-refractivity contribution in [2.24, 2.45) is 0 Å². The highest BCUT2D eigenvalue weighted by molar-refractivity contribution is 5.85. The zero-order valence-electron chi connectivity index (χ0n) is 17.0. The summed E-state index contributed by atoms with van der Waals surface area (Å²) in [7, 11) is 0. The average molecular weight is 406 g/mol. The van der Waals surface area contributed by atoms with Crippen LogP contribution in [-0.2, 0) is 4.74 Å². The second-order valence-corrected chi connectivity index (χ2v) is 7.92. The van der Waals surface area contributed by atoms with Gasteiger partial charge in [0.25, 0.3) is 0 Å². The molecule has 0 amide bonds. The molecule has 1 saturated heterocycles. The first-order valence-corrected chi connectivity index (χ1v) is 10.8. The first-order valence-electron chi connectivity index (χ1n) is 10.8. The number of hydrogen-bond acceptors (Lipinski definition) is 7. The lowest BCUT2D eigenvalue weighted by molar-refractivity contribution is 0.122. The molecular formula is C23H27N5O2. The van der Waals surface area contributed by atoms with Crippen LogP contribution >= 0.6 is 0 Å². The molecule has 1 aromatic carbocycles. The summed E-state index contributed by atoms with van der Waals surface area (Å²) in [6.07, 6.45) is 9.63. The molecule has 2 aromatic heterocycles. The minimum atomic E-state index is 0.192. The summed E-state index contributed by atoms with van der Waals surface area (Å²) in [6.45, 7) is 3.27. The Labute approximate surface area is 176 Å². The topological polar surface area (TPSA) is 72.4 Å². The zero-order chi connectivity index (χ0) is 20.2. The molecule has 3 heterocycles. The predicted octanol–water partition coefficient (Wildman–Crippen LogP) is 3.66. The monoisotopic (exact) mass is 405 g/mol. The first-order chi connectivity index (χ1) is 14.8. The Bertz CT molecular complexity index is 970. The number of nitrogens with one attached hydrogen (secondary N) is 1. The lowest BCUT2D eigenvalue weighted by Crippen LogP contribution is -2.36. The van der Waals surface area contributed by atoms with E-state index in [2.05, 4.69) is 37.3 Å². The number of fused-ring (bicyclic) bond motifs is 1. The molecule has 1 aliphatic heterocycles. The number of nitrogens with zero attached hydrogens (tertiary/aromatic N) is 4. The van der Waals surface area contributed by atoms with Crippen molar-refractivity contribution >= 4 is 22.5 Å². The molecule has 0 unspecified atom stereocenters. The highest BCUT2D eigenvalue weighted by Crippen LogP contribution is 2.33. The second kappa shape index (κ2) is 8.83. The maximum absolute atomic E-state index is 6.49. The Kier molecular flexibility index (Phi) is 5.61. The van der Waals surface area contributed by atoms with E-state index in [9.17, 15) is 0 Å². The van der Waals surface area contributed by atoms with Crippen LogP contribution in [0.5, 0.6) is 5.75 Å². The number of pyridine rings is 1. The summed E-state index contributed by atoms with van der Waals surface area (Å²) >= 11 is 0. The van der Waals surface area contributed by atoms with Crippen molar-refractivity contribution in [1.82, 2.24) is 15.0 Å². The van der Waals surface area contributed by atoms with Crippen molar-refractivity contribution in [1.29, 1.82) is 0 Å². The van der Waals surface area contributed by atoms with Crippen LogP contribution in [0.4, 0.5) is 11.5 Å². The summed E-state index contributed by atoms with van der Waals surface area (Å²) in [5.41, 5.74) is 2.84. The van der Waals surface area contributed by atoms with Gasteiger partial charge in [0.2, 0.25) is 0 Å². The maximum atomic E-state index is 6.49. The molecule has 1 aliphatic carbocycles. The van der Waals surface area contributed by atoms with Gasteiger partial charge in [0.15, 0.2) is 0 Å². The molecule has 5 rings (SSSR count). The summed E-state index contributed by atoms with van der Waals surface area (Å²) < 4.78 is 12.0. The standard InChI is InChI=1S/C23H27N5O2/c1-2-8-25-22(3-1)27-17-4-6-19(7-5-17)30-21-16-18(28-11-13-29-14-12-28)15-20-23(21)26-10-9-24-20/h1-3,8-10,15-17,19H,4-7,11-14H2,(H,25,27)/t17-,19+. The largest absolute Gasteiger partial charge is 0.488 e. The molecule has 2 aliphatic rings. The maximum Gasteiger partial charge on any atom is 0.149 e. The fourth-order valence-corrected chi connectivity index (χ4v) is 4.28. The molecule has 0 radical (unpaired) electrons. The van der Waals surface area contributed by atoms with E-state index in [0.717, 1.165) is 80.3 Å². The van der Waals surface area contributed by atoms with Gasteiger partial charge in [-0.25, -0.2) is 9.97 Å². The van der Waals surface area contributed by atoms with Gasteiger partial charge in [0.05, 0.1) is 24.8 Å². The number of rotatable bonds is 5. The van der Waals surface area contributed by atoms with Gasteiger partial charge in [-0.3, -0.25) is 4.98 Å². The van der Waals surface area contributed by atoms with Crippen LogP contribution in [-0.4, -0.2) is 53.4 Å². The Morgan fingerprint density at radius 3 is 2.57 bits per heavy atom. The van der Waals surface area contributed by atoms with Crippen molar-refractivity contribution in [3.63, 3.8) is 0 Å². The molecule has 1 saturated carbocycles. The molecule has 2 fully saturated rings. The quantitative estimate of drug-likeness (QED) is 0.694. The van der Waals surface area contributed by atoms with Crippen LogP contribution in [0.3, 0.4) is 0 Å². The van der Waals surface area contributed by atoms with Crippen molar-refractivity contribution in [3.05, 3.63) is 48.9 Å². The molecular weight excluding hydrogens is 378 g/mol. The van der Waals surface area contributed by atoms with E-state index in [4.69, 9.17) is 9.47 Å². The fourth-order valence-electron chi connectivity index (χ4n) is 4.28. The van der Waals surface area contributed by atoms with E-state index in [1.807, 2.05) is 24.4 Å². The molecule has 156 valence electrons. The number of aromatic nitrogens is 3. The van der Waals surface area contributed by atoms with Crippen molar-refractivity contribution in [3.8, 4) is 5.75 Å². The van der Waals surface area contributed by atoms with E-state index in [0.29, 0.717) is 6.04 Å². The zero-order valence-corrected chi connectivity index (χ0v) is 17.0. The Hall–Kier alpha value is -2.93. The number of anilines is 2. The SMILES string of the molecule is c1ccc(N[C@H]2CC[C@@H](Oc3cc(N4CCOCC4)cc4nccnc34)CC2)nc1. The smallest absolute Gasteiger partial charge is 0.149 e. The van der Waals surface area contributed by atoms with E-state index in [1.54, 1.807) is 12.4 Å². The van der Waals surface area contributed by atoms with Crippen LogP contribution in [0.2, 0.25) is 0 Å². The van der Waals surface area contributed by atoms with Gasteiger partial charge in [-0.05, 0) is 43.9 Å². The van der Waals surface area contributed by atoms with Crippen LogP contribution in [0.15, 0.2) is 48.9 Å². The fraction of sp³-hybridized carbons (Fsp3) is 0.435. The van der Waals surface area contributed by atoms with E-state index < -0.39 is 0 Å². The lowest BCUT2D eigenvalue weighted by atomic mass is 9.93. The Balaban J connectivity index is 1.29. The summed E-state index contributed by atoms with van der Waals surface area (Å²) in [6, 6.07) is 10.6. The molecule has 30 heavy (non-hydrogen) atoms. The summed E-state index contributed by atoms with van der Waals surface area (Å²) in [5, 5.41) is 3.54. The molecule has 3 aromatic rings. The van der Waals surface area contributed by atoms with Gasteiger partial charge in [0, 0.05) is 49.5 Å². The van der Waals surface area contributed by atoms with Crippen LogP contribution in [0, 0.1) is 0 Å². The van der Waals surface area contributed by atoms with Gasteiger partial charge in [0.1, 0.15) is 17.1 Å². The van der Waals surface area contributed by atoms with Crippen molar-refractivity contribution in [2.45, 2.75) is 37.8 Å². The third kappa shape index (κ3) is 4.31. The Morgan fingerprint density at radius 1 is 0.933 bits per heavy atom. The molecule has 0 atom stereocenters. The third-order valence-electron chi connectivity index (χ3n) is 5.88. The van der Waals surface area contributed by atoms with E-state index >= 15 is 0 Å². The van der Waals surface area contributed by atoms with Gasteiger partial charge in [-0.2, -0.15) is 0 Å². The highest BCUT2D eigenvalue weighted by atomic mass is 16.5. The summed E-state index contributed by atoms with van der Waals surface area (Å²) in [5.74, 6) is 1.78. The normalized spacial score (nSPS) is 22.1. The number of morpholine rings is 1. The molecule has 0 bridgehead atoms. The number of hydrogen-bond donors (Lipinski definition) is 1. The van der Waals surface area contributed by atoms with Gasteiger partial charge < -0.3 is 19.7 Å². The van der Waals surface area contributed by atoms with Crippen LogP contribution in [0.1, 0.15) is 25.7 Å². The van der Waals surface area contributed by atoms with Crippen LogP contribution < -0.4 is 15.0 Å². The molecule has 0 spiro atoms. The minimum Gasteiger partial charge on any atom is -0.488 e.